The lowest BCUT2D eigenvalue weighted by Crippen LogP contribution is -2.51. The first-order valence-corrected chi connectivity index (χ1v) is 19.2. The van der Waals surface area contributed by atoms with Crippen molar-refractivity contribution in [1.82, 2.24) is 0 Å². The van der Waals surface area contributed by atoms with Crippen molar-refractivity contribution in [3.63, 3.8) is 0 Å². The lowest BCUT2D eigenvalue weighted by atomic mass is 9.90. The van der Waals surface area contributed by atoms with E-state index in [0.29, 0.717) is 51.4 Å². The molecule has 16 bridgehead atoms. The van der Waals surface area contributed by atoms with Gasteiger partial charge in [-0.15, -0.1) is 0 Å². The number of carboxylic acid groups (broad SMARTS) is 8. The average Bonchev–Trinajstić information content (AvgIpc) is 3.61. The largest absolute Gasteiger partial charge is 0.481 e. The highest BCUT2D eigenvalue weighted by Crippen LogP contribution is 2.89. The molecule has 0 aliphatic heterocycles. The summed E-state index contributed by atoms with van der Waals surface area (Å²) in [5.74, 6) is -9.43. The number of hydrogen-bond donors (Lipinski definition) is 12. The Morgan fingerprint density at radius 2 is 0.702 bits per heavy atom. The smallest absolute Gasteiger partial charge is 0.324 e. The number of nitrogens with two attached hydrogens (primary N) is 4. The minimum Gasteiger partial charge on any atom is -0.481 e. The van der Waals surface area contributed by atoms with Gasteiger partial charge in [0.2, 0.25) is 0 Å². The summed E-state index contributed by atoms with van der Waals surface area (Å²) in [6, 6.07) is 0. The summed E-state index contributed by atoms with van der Waals surface area (Å²) < 4.78 is 0. The van der Waals surface area contributed by atoms with Crippen LogP contribution in [0.25, 0.3) is 0 Å². The molecule has 0 unspecified atom stereocenters. The van der Waals surface area contributed by atoms with E-state index in [9.17, 15) is 43.5 Å². The minimum absolute atomic E-state index is 0.0195. The Morgan fingerprint density at radius 1 is 0.404 bits per heavy atom. The van der Waals surface area contributed by atoms with E-state index in [2.05, 4.69) is 0 Å². The van der Waals surface area contributed by atoms with Gasteiger partial charge in [-0.2, -0.15) is 0 Å². The van der Waals surface area contributed by atoms with Crippen molar-refractivity contribution in [3.05, 3.63) is 0 Å². The zero-order valence-electron chi connectivity index (χ0n) is 30.7. The Morgan fingerprint density at radius 3 is 0.842 bits per heavy atom. The molecular weight excluding hydrogens is 756 g/mol. The first kappa shape index (κ1) is 38.1. The van der Waals surface area contributed by atoms with Crippen molar-refractivity contribution >= 4 is 47.8 Å². The molecule has 20 atom stereocenters. The van der Waals surface area contributed by atoms with Gasteiger partial charge in [0.25, 0.3) is 0 Å². The summed E-state index contributed by atoms with van der Waals surface area (Å²) in [4.78, 5) is 88.8. The summed E-state index contributed by atoms with van der Waals surface area (Å²) in [6.45, 7) is 1.86. The van der Waals surface area contributed by atoms with Crippen LogP contribution in [0.2, 0.25) is 0 Å². The monoisotopic (exact) mass is 802 g/mol. The summed E-state index contributed by atoms with van der Waals surface area (Å²) >= 11 is 0. The van der Waals surface area contributed by atoms with Gasteiger partial charge < -0.3 is 63.8 Å². The van der Waals surface area contributed by atoms with E-state index in [-0.39, 0.29) is 70.5 Å². The number of aliphatic carboxylic acids is 8. The molecule has 0 saturated heterocycles. The van der Waals surface area contributed by atoms with Gasteiger partial charge in [-0.25, -0.2) is 0 Å². The lowest BCUT2D eigenvalue weighted by Gasteiger charge is -2.22. The van der Waals surface area contributed by atoms with Crippen molar-refractivity contribution in [2.75, 3.05) is 0 Å². The maximum absolute atomic E-state index is 11.3. The Kier molecular flexibility index (Phi) is 6.73. The van der Waals surface area contributed by atoms with E-state index in [1.54, 1.807) is 0 Å². The zero-order valence-corrected chi connectivity index (χ0v) is 30.7. The molecule has 0 aromatic carbocycles. The normalized spacial score (nSPS) is 57.9. The molecule has 16 aliphatic rings. The van der Waals surface area contributed by atoms with Crippen LogP contribution < -0.4 is 22.9 Å². The van der Waals surface area contributed by atoms with E-state index in [4.69, 9.17) is 58.7 Å². The van der Waals surface area contributed by atoms with Crippen molar-refractivity contribution < 1.29 is 79.2 Å². The van der Waals surface area contributed by atoms with Crippen LogP contribution in [0.4, 0.5) is 0 Å². The van der Waals surface area contributed by atoms with Crippen LogP contribution in [0, 0.1) is 92.2 Å². The fourth-order valence-electron chi connectivity index (χ4n) is 16.7. The number of carboxylic acids is 8. The molecule has 0 heterocycles. The predicted molar refractivity (Wildman–Crippen MR) is 182 cm³/mol. The molecule has 0 aromatic heterocycles. The van der Waals surface area contributed by atoms with Gasteiger partial charge in [-0.1, -0.05) is 6.92 Å². The Labute approximate surface area is 322 Å². The highest BCUT2D eigenvalue weighted by atomic mass is 16.4. The van der Waals surface area contributed by atoms with Crippen LogP contribution in [0.5, 0.6) is 0 Å². The molecule has 20 nitrogen and oxygen atoms in total. The Bertz CT molecular complexity index is 1900. The zero-order chi connectivity index (χ0) is 42.1. The molecule has 57 heavy (non-hydrogen) atoms. The van der Waals surface area contributed by atoms with Gasteiger partial charge in [0, 0.05) is 23.7 Å². The molecule has 16 saturated carbocycles. The van der Waals surface area contributed by atoms with Crippen LogP contribution in [0.15, 0.2) is 0 Å². The third kappa shape index (κ3) is 3.53. The van der Waals surface area contributed by atoms with E-state index in [0.717, 1.165) is 0 Å². The number of hydrogen-bond acceptors (Lipinski definition) is 12. The molecule has 0 amide bonds. The molecule has 0 spiro atoms. The fourth-order valence-corrected chi connectivity index (χ4v) is 16.7. The minimum atomic E-state index is -1.30. The second-order valence-corrected chi connectivity index (χ2v) is 19.9. The number of rotatable bonds is 8. The topological polar surface area (TPSA) is 402 Å². The maximum Gasteiger partial charge on any atom is 0.324 e. The maximum atomic E-state index is 11.3. The van der Waals surface area contributed by atoms with E-state index in [1.807, 2.05) is 6.92 Å². The van der Waals surface area contributed by atoms with Gasteiger partial charge >= 0.3 is 47.8 Å². The molecule has 16 rings (SSSR count). The van der Waals surface area contributed by atoms with Crippen LogP contribution >= 0.6 is 0 Å². The summed E-state index contributed by atoms with van der Waals surface area (Å²) in [5.41, 5.74) is 14.8. The van der Waals surface area contributed by atoms with Gasteiger partial charge in [0.15, 0.2) is 0 Å². The van der Waals surface area contributed by atoms with Crippen molar-refractivity contribution in [2.45, 2.75) is 80.4 Å². The van der Waals surface area contributed by atoms with Crippen molar-refractivity contribution in [3.8, 4) is 0 Å². The Balaban J connectivity index is 0.0000000989. The molecule has 16 fully saturated rings. The highest BCUT2D eigenvalue weighted by Gasteiger charge is 2.95. The third-order valence-electron chi connectivity index (χ3n) is 19.0. The standard InChI is InChI=1S/C10H13NO4.3C9H11NO4/c1-8-2-4-3-9(8,6(12)13)5(8)10(4,11)7(14)15;3*10-9(7(13)14)3-1-4-5(9)8(4,2-3)6(11)12/h4-5H,2-3,11H2,1H3,(H,12,13)(H,14,15);3*3-5H,1-2,10H2,(H,11,12)(H,13,14)/t4-,5+,8-,9+,10-;2*3-,4-,5+,8+,9+;3-,4-,5+,8+,9-/m0101/s1. The number of carbonyl (C=O) groups is 8. The van der Waals surface area contributed by atoms with Gasteiger partial charge in [0.1, 0.15) is 22.2 Å². The molecular formula is C37H46N4O16. The quantitative estimate of drug-likeness (QED) is 0.132. The predicted octanol–water partition coefficient (Wildman–Crippen LogP) is -1.57. The molecule has 0 aromatic rings. The van der Waals surface area contributed by atoms with Crippen molar-refractivity contribution in [1.29, 1.82) is 0 Å². The average molecular weight is 803 g/mol. The molecule has 16 N–H and O–H groups in total. The second-order valence-electron chi connectivity index (χ2n) is 19.9. The summed E-state index contributed by atoms with van der Waals surface area (Å²) in [6.07, 6.45) is 4.50. The second kappa shape index (κ2) is 10.1. The van der Waals surface area contributed by atoms with E-state index < -0.39 is 91.6 Å². The van der Waals surface area contributed by atoms with Crippen molar-refractivity contribution in [2.24, 2.45) is 115 Å². The fraction of sp³-hybridized carbons (Fsp3) is 0.784. The molecule has 16 aliphatic carbocycles. The molecule has 20 heteroatoms. The third-order valence-corrected chi connectivity index (χ3v) is 19.0. The summed E-state index contributed by atoms with van der Waals surface area (Å²) in [5, 5.41) is 72.8. The first-order chi connectivity index (χ1) is 26.2. The lowest BCUT2D eigenvalue weighted by molar-refractivity contribution is -0.147. The van der Waals surface area contributed by atoms with Crippen LogP contribution in [-0.4, -0.2) is 111 Å². The van der Waals surface area contributed by atoms with E-state index in [1.165, 1.54) is 0 Å². The molecule has 310 valence electrons. The van der Waals surface area contributed by atoms with Gasteiger partial charge in [-0.05, 0) is 98.2 Å². The van der Waals surface area contributed by atoms with E-state index >= 15 is 0 Å². The van der Waals surface area contributed by atoms with Crippen LogP contribution in [0.1, 0.15) is 58.3 Å². The Hall–Kier alpha value is -4.40. The van der Waals surface area contributed by atoms with Crippen LogP contribution in [0.3, 0.4) is 0 Å². The highest BCUT2D eigenvalue weighted by molar-refractivity contribution is 5.94. The summed E-state index contributed by atoms with van der Waals surface area (Å²) in [7, 11) is 0. The molecule has 0 radical (unpaired) electrons. The first-order valence-electron chi connectivity index (χ1n) is 19.2. The van der Waals surface area contributed by atoms with Gasteiger partial charge in [0.05, 0.1) is 21.7 Å². The SMILES string of the molecule is C[C@@]12C[C@H]3C[C@]1(C(=O)O)[C@@H]2[C@]3(N)C(=O)O.N[C@@]1(C(=O)O)[C@@H]2C[C@@H]3[C@H]1[C@]3(C(=O)O)C2.N[C@]1(C(=O)O)[C@@H]2C[C@@H]3[C@H]1[C@]3(C(=O)O)C2.N[C@]1(C(=O)O)[C@H]2C[C@H]3[C@@H]1[C@@]3(C(=O)O)C2. The van der Waals surface area contributed by atoms with Gasteiger partial charge in [-0.3, -0.25) is 38.4 Å². The van der Waals surface area contributed by atoms with Crippen LogP contribution in [-0.2, 0) is 38.4 Å².